The van der Waals surface area contributed by atoms with E-state index in [-0.39, 0.29) is 29.4 Å². The van der Waals surface area contributed by atoms with Gasteiger partial charge in [-0.2, -0.15) is 9.78 Å². The number of carbonyl (C=O) groups excluding carboxylic acids is 1. The molecule has 5 rings (SSSR count). The highest BCUT2D eigenvalue weighted by Crippen LogP contribution is 2.38. The van der Waals surface area contributed by atoms with Gasteiger partial charge in [-0.05, 0) is 48.5 Å². The Morgan fingerprint density at radius 2 is 1.61 bits per heavy atom. The number of nitrogens with zero attached hydrogens (tertiary/aromatic N) is 3. The largest absolute Gasteiger partial charge is 0.493 e. The van der Waals surface area contributed by atoms with Crippen LogP contribution in [0.15, 0.2) is 101 Å². The minimum absolute atomic E-state index is 0.205. The summed E-state index contributed by atoms with van der Waals surface area (Å²) in [4.78, 5) is 30.5. The van der Waals surface area contributed by atoms with Gasteiger partial charge in [0, 0.05) is 16.8 Å². The minimum atomic E-state index is -0.456. The van der Waals surface area contributed by atoms with Gasteiger partial charge in [-0.3, -0.25) is 9.59 Å². The normalized spacial score (nSPS) is 11.0. The molecular weight excluding hydrogens is 527 g/mol. The highest BCUT2D eigenvalue weighted by Gasteiger charge is 2.17. The van der Waals surface area contributed by atoms with Gasteiger partial charge < -0.3 is 19.5 Å². The first kappa shape index (κ1) is 27.1. The number of methoxy groups -OCH3 is 2. The maximum Gasteiger partial charge on any atom is 0.282 e. The molecule has 0 aliphatic rings. The lowest BCUT2D eigenvalue weighted by Crippen LogP contribution is -2.20. The Hall–Kier alpha value is -5.51. The van der Waals surface area contributed by atoms with Gasteiger partial charge in [0.05, 0.1) is 31.3 Å². The van der Waals surface area contributed by atoms with Crippen molar-refractivity contribution < 1.29 is 23.4 Å². The second kappa shape index (κ2) is 12.1. The first-order chi connectivity index (χ1) is 20.0. The number of para-hydroxylation sites is 1. The molecule has 0 fully saturated rings. The van der Waals surface area contributed by atoms with Crippen LogP contribution in [0.4, 0.5) is 10.1 Å². The van der Waals surface area contributed by atoms with E-state index in [1.54, 1.807) is 30.3 Å². The molecule has 41 heavy (non-hydrogen) atoms. The average Bonchev–Trinajstić information content (AvgIpc) is 3.00. The molecule has 1 aromatic heterocycles. The van der Waals surface area contributed by atoms with Gasteiger partial charge in [0.1, 0.15) is 5.82 Å². The van der Waals surface area contributed by atoms with Crippen LogP contribution >= 0.6 is 0 Å². The van der Waals surface area contributed by atoms with Gasteiger partial charge in [-0.25, -0.2) is 9.37 Å². The Kier molecular flexibility index (Phi) is 8.00. The summed E-state index contributed by atoms with van der Waals surface area (Å²) in [5, 5.41) is 7.55. The van der Waals surface area contributed by atoms with Crippen LogP contribution in [0.5, 0.6) is 17.2 Å². The van der Waals surface area contributed by atoms with E-state index in [4.69, 9.17) is 19.2 Å². The number of carbonyl (C=O) groups is 1. The summed E-state index contributed by atoms with van der Waals surface area (Å²) in [6.45, 7) is -0.351. The van der Waals surface area contributed by atoms with E-state index < -0.39 is 11.7 Å². The number of halogens is 1. The molecule has 0 aliphatic heterocycles. The maximum absolute atomic E-state index is 13.4. The quantitative estimate of drug-likeness (QED) is 0.255. The summed E-state index contributed by atoms with van der Waals surface area (Å²) >= 11 is 0. The molecule has 0 spiro atoms. The second-order valence-corrected chi connectivity index (χ2v) is 8.78. The lowest BCUT2D eigenvalue weighted by atomic mass is 10.2. The number of amides is 1. The van der Waals surface area contributed by atoms with Crippen LogP contribution in [0.25, 0.3) is 22.3 Å². The Morgan fingerprint density at radius 3 is 2.29 bits per heavy atom. The summed E-state index contributed by atoms with van der Waals surface area (Å²) < 4.78 is 31.1. The number of benzene rings is 4. The van der Waals surface area contributed by atoms with Crippen LogP contribution in [0.2, 0.25) is 0 Å². The average molecular weight is 553 g/mol. The maximum atomic E-state index is 13.4. The number of ether oxygens (including phenoxy) is 3. The van der Waals surface area contributed by atoms with Crippen molar-refractivity contribution in [2.75, 3.05) is 26.1 Å². The van der Waals surface area contributed by atoms with E-state index in [2.05, 4.69) is 10.4 Å². The summed E-state index contributed by atoms with van der Waals surface area (Å²) in [6.07, 6.45) is 1.49. The van der Waals surface area contributed by atoms with Crippen molar-refractivity contribution in [3.05, 3.63) is 113 Å². The second-order valence-electron chi connectivity index (χ2n) is 8.78. The number of anilines is 1. The Balaban J connectivity index is 1.45. The highest BCUT2D eigenvalue weighted by molar-refractivity contribution is 5.92. The number of hydrogen-bond donors (Lipinski definition) is 1. The molecule has 0 unspecified atom stereocenters. The van der Waals surface area contributed by atoms with E-state index >= 15 is 0 Å². The van der Waals surface area contributed by atoms with Gasteiger partial charge in [0.15, 0.2) is 23.9 Å². The molecular formula is C31H25FN4O5. The van der Waals surface area contributed by atoms with Crippen LogP contribution in [0.3, 0.4) is 0 Å². The predicted octanol–water partition coefficient (Wildman–Crippen LogP) is 5.12. The molecule has 0 radical (unpaired) electrons. The number of rotatable bonds is 9. The number of fused-ring (bicyclic) bond motifs is 1. The molecule has 1 N–H and O–H groups in total. The molecule has 0 aliphatic carbocycles. The molecule has 1 amide bonds. The van der Waals surface area contributed by atoms with Crippen molar-refractivity contribution in [3.8, 4) is 28.6 Å². The Bertz CT molecular complexity index is 1760. The molecule has 0 saturated heterocycles. The van der Waals surface area contributed by atoms with Gasteiger partial charge in [0.2, 0.25) is 5.75 Å². The van der Waals surface area contributed by atoms with Crippen molar-refractivity contribution in [2.24, 2.45) is 5.10 Å². The molecule has 0 bridgehead atoms. The molecule has 10 heteroatoms. The summed E-state index contributed by atoms with van der Waals surface area (Å²) in [5.41, 5.74) is 1.94. The zero-order valence-electron chi connectivity index (χ0n) is 22.2. The van der Waals surface area contributed by atoms with E-state index in [0.29, 0.717) is 28.0 Å². The fraction of sp³-hybridized carbons (Fsp3) is 0.0968. The Labute approximate surface area is 234 Å². The highest BCUT2D eigenvalue weighted by atomic mass is 19.1. The molecule has 0 atom stereocenters. The fourth-order valence-corrected chi connectivity index (χ4v) is 4.11. The van der Waals surface area contributed by atoms with Gasteiger partial charge >= 0.3 is 0 Å². The lowest BCUT2D eigenvalue weighted by molar-refractivity contribution is -0.118. The first-order valence-corrected chi connectivity index (χ1v) is 12.5. The monoisotopic (exact) mass is 552 g/mol. The van der Waals surface area contributed by atoms with Crippen LogP contribution in [-0.4, -0.2) is 42.6 Å². The molecule has 206 valence electrons. The summed E-state index contributed by atoms with van der Waals surface area (Å²) in [7, 11) is 2.90. The standard InChI is InChI=1S/C31H25FN4O5/c1-39-26-16-20(17-27(40-2)29(26)41-19-28(37)34-23-14-12-22(32)13-15-23)18-33-36-30(21-8-4-3-5-9-21)35-25-11-7-6-10-24(25)31(36)38/h3-18H,19H2,1-2H3,(H,34,37). The number of hydrogen-bond acceptors (Lipinski definition) is 7. The lowest BCUT2D eigenvalue weighted by Gasteiger charge is -2.15. The van der Waals surface area contributed by atoms with E-state index in [1.165, 1.54) is 49.4 Å². The minimum Gasteiger partial charge on any atom is -0.493 e. The number of nitrogens with one attached hydrogen (secondary N) is 1. The molecule has 9 nitrogen and oxygen atoms in total. The molecule has 5 aromatic rings. The van der Waals surface area contributed by atoms with Crippen molar-refractivity contribution in [1.82, 2.24) is 9.66 Å². The summed E-state index contributed by atoms with van der Waals surface area (Å²) in [6, 6.07) is 25.1. The summed E-state index contributed by atoms with van der Waals surface area (Å²) in [5.74, 6) is 0.297. The molecule has 0 saturated carbocycles. The smallest absolute Gasteiger partial charge is 0.282 e. The van der Waals surface area contributed by atoms with Crippen LogP contribution < -0.4 is 25.1 Å². The van der Waals surface area contributed by atoms with Crippen molar-refractivity contribution >= 4 is 28.7 Å². The van der Waals surface area contributed by atoms with E-state index in [1.807, 2.05) is 36.4 Å². The van der Waals surface area contributed by atoms with Gasteiger partial charge in [-0.1, -0.05) is 42.5 Å². The van der Waals surface area contributed by atoms with E-state index in [9.17, 15) is 14.0 Å². The third-order valence-corrected chi connectivity index (χ3v) is 6.07. The van der Waals surface area contributed by atoms with E-state index in [0.717, 1.165) is 5.56 Å². The molecule has 1 heterocycles. The predicted molar refractivity (Wildman–Crippen MR) is 155 cm³/mol. The van der Waals surface area contributed by atoms with Gasteiger partial charge in [0.25, 0.3) is 11.5 Å². The van der Waals surface area contributed by atoms with Crippen LogP contribution in [0.1, 0.15) is 5.56 Å². The van der Waals surface area contributed by atoms with Gasteiger partial charge in [-0.15, -0.1) is 0 Å². The van der Waals surface area contributed by atoms with Crippen molar-refractivity contribution in [1.29, 1.82) is 0 Å². The van der Waals surface area contributed by atoms with Crippen LogP contribution in [0, 0.1) is 5.82 Å². The van der Waals surface area contributed by atoms with Crippen molar-refractivity contribution in [3.63, 3.8) is 0 Å². The fourth-order valence-electron chi connectivity index (χ4n) is 4.11. The topological polar surface area (TPSA) is 104 Å². The van der Waals surface area contributed by atoms with Crippen molar-refractivity contribution in [2.45, 2.75) is 0 Å². The zero-order valence-corrected chi connectivity index (χ0v) is 22.2. The zero-order chi connectivity index (χ0) is 28.8. The van der Waals surface area contributed by atoms with Crippen LogP contribution in [-0.2, 0) is 4.79 Å². The first-order valence-electron chi connectivity index (χ1n) is 12.5. The SMILES string of the molecule is COc1cc(C=Nn2c(-c3ccccc3)nc3ccccc3c2=O)cc(OC)c1OCC(=O)Nc1ccc(F)cc1. The molecule has 4 aromatic carbocycles. The Morgan fingerprint density at radius 1 is 0.951 bits per heavy atom. The third kappa shape index (κ3) is 6.06. The third-order valence-electron chi connectivity index (χ3n) is 6.07. The number of aromatic nitrogens is 2.